The zero-order valence-corrected chi connectivity index (χ0v) is 10.5. The van der Waals surface area contributed by atoms with Gasteiger partial charge in [0.2, 0.25) is 0 Å². The molecular formula is C9H25NTi-6. The van der Waals surface area contributed by atoms with Crippen molar-refractivity contribution in [1.29, 1.82) is 0 Å². The Morgan fingerprint density at radius 3 is 0.545 bits per heavy atom. The van der Waals surface area contributed by atoms with Crippen LogP contribution >= 0.6 is 0 Å². The summed E-state index contributed by atoms with van der Waals surface area (Å²) in [5, 5.41) is 0. The molecule has 0 bridgehead atoms. The Balaban J connectivity index is -0.00000000356. The first-order chi connectivity index (χ1) is 4.00. The maximum atomic E-state index is 3.25. The molecule has 0 fully saturated rings. The van der Waals surface area contributed by atoms with Crippen LogP contribution in [-0.2, 0) is 21.7 Å². The molecule has 2 heteroatoms. The van der Waals surface area contributed by atoms with Gasteiger partial charge in [-0.1, -0.05) is 0 Å². The summed E-state index contributed by atoms with van der Waals surface area (Å²) in [5.74, 6) is 0. The van der Waals surface area contributed by atoms with Crippen LogP contribution < -0.4 is 0 Å². The molecule has 1 nitrogen and oxygen atoms in total. The van der Waals surface area contributed by atoms with Crippen LogP contribution in [-0.4, -0.2) is 0 Å². The summed E-state index contributed by atoms with van der Waals surface area (Å²) in [7, 11) is 0. The third-order valence-electron chi connectivity index (χ3n) is 0. The zero-order valence-electron chi connectivity index (χ0n) is 8.91. The quantitative estimate of drug-likeness (QED) is 0.402. The van der Waals surface area contributed by atoms with Crippen LogP contribution in [0.4, 0.5) is 0 Å². The van der Waals surface area contributed by atoms with E-state index >= 15 is 0 Å². The van der Waals surface area contributed by atoms with Crippen LogP contribution in [0.5, 0.6) is 0 Å². The molecule has 0 saturated heterocycles. The predicted octanol–water partition coefficient (Wildman–Crippen LogP) is 4.53. The summed E-state index contributed by atoms with van der Waals surface area (Å²) in [6, 6.07) is 0. The minimum atomic E-state index is 0. The van der Waals surface area contributed by atoms with Crippen LogP contribution in [0.25, 0.3) is 6.15 Å². The molecule has 0 heterocycles. The third-order valence-corrected chi connectivity index (χ3v) is 0. The fourth-order valence-electron chi connectivity index (χ4n) is 0. The molecule has 0 atom stereocenters. The minimum Gasteiger partial charge on any atom is -0.693 e. The average molecular weight is 195 g/mol. The first-order valence-electron chi connectivity index (χ1n) is 2.83. The van der Waals surface area contributed by atoms with Gasteiger partial charge < -0.3 is 41.3 Å². The van der Waals surface area contributed by atoms with Crippen molar-refractivity contribution in [2.75, 3.05) is 0 Å². The van der Waals surface area contributed by atoms with Gasteiger partial charge in [0.1, 0.15) is 0 Å². The summed E-state index contributed by atoms with van der Waals surface area (Å²) in [6.07, 6.45) is 0. The van der Waals surface area contributed by atoms with E-state index in [1.807, 2.05) is 0 Å². The summed E-state index contributed by atoms with van der Waals surface area (Å²) < 4.78 is 0. The molecule has 0 aliphatic rings. The summed E-state index contributed by atoms with van der Waals surface area (Å²) in [5.41, 5.74) is 0. The molecule has 0 saturated carbocycles. The van der Waals surface area contributed by atoms with Gasteiger partial charge in [-0.05, 0) is 0 Å². The fourth-order valence-corrected chi connectivity index (χ4v) is 0. The molecule has 0 radical (unpaired) electrons. The molecule has 11 heavy (non-hydrogen) atoms. The number of hydrogen-bond acceptors (Lipinski definition) is 0. The van der Waals surface area contributed by atoms with E-state index in [2.05, 4.69) is 27.7 Å². The van der Waals surface area contributed by atoms with Crippen molar-refractivity contribution >= 4 is 0 Å². The van der Waals surface area contributed by atoms with Crippen LogP contribution in [0.15, 0.2) is 0 Å². The van der Waals surface area contributed by atoms with E-state index in [1.54, 1.807) is 27.7 Å². The van der Waals surface area contributed by atoms with Gasteiger partial charge in [-0.25, -0.2) is 0 Å². The summed E-state index contributed by atoms with van der Waals surface area (Å²) in [6.45, 7) is 20.0. The van der Waals surface area contributed by atoms with E-state index in [0.29, 0.717) is 0 Å². The van der Waals surface area contributed by atoms with Gasteiger partial charge >= 0.3 is 0 Å². The molecule has 0 aromatic rings. The van der Waals surface area contributed by atoms with Crippen molar-refractivity contribution in [3.8, 4) is 0 Å². The van der Waals surface area contributed by atoms with Crippen LogP contribution in [0, 0.1) is 35.1 Å². The topological polar surface area (TPSA) is 33.5 Å². The fraction of sp³-hybridized carbons (Fsp3) is 0.444. The van der Waals surface area contributed by atoms with E-state index < -0.39 is 0 Å². The van der Waals surface area contributed by atoms with Crippen molar-refractivity contribution in [2.24, 2.45) is 0 Å². The maximum Gasteiger partial charge on any atom is 0 e. The normalized spacial score (nSPS) is 2.18. The molecule has 0 aromatic carbocycles. The van der Waals surface area contributed by atoms with Crippen LogP contribution in [0.2, 0.25) is 0 Å². The molecule has 76 valence electrons. The Morgan fingerprint density at radius 1 is 0.545 bits per heavy atom. The molecule has 0 unspecified atom stereocenters. The second-order valence-electron chi connectivity index (χ2n) is 0. The largest absolute Gasteiger partial charge is 0.693 e. The van der Waals surface area contributed by atoms with Gasteiger partial charge in [-0.2, -0.15) is 27.7 Å². The third kappa shape index (κ3) is 1770. The molecule has 0 aliphatic carbocycles. The Hall–Kier alpha value is 0.674. The van der Waals surface area contributed by atoms with Gasteiger partial charge in [-0.15, -0.1) is 0 Å². The Morgan fingerprint density at radius 2 is 0.545 bits per heavy atom. The molecule has 0 spiro atoms. The van der Waals surface area contributed by atoms with E-state index in [1.165, 1.54) is 0 Å². The van der Waals surface area contributed by atoms with Crippen LogP contribution in [0.1, 0.15) is 27.7 Å². The number of hydrogen-bond donors (Lipinski definition) is 0. The summed E-state index contributed by atoms with van der Waals surface area (Å²) >= 11 is 0. The molecule has 0 rings (SSSR count). The van der Waals surface area contributed by atoms with Crippen molar-refractivity contribution in [1.82, 2.24) is 0 Å². The molecule has 2 N–H and O–H groups in total. The molecule has 0 aromatic heterocycles. The van der Waals surface area contributed by atoms with E-state index in [4.69, 9.17) is 0 Å². The minimum absolute atomic E-state index is 0. The van der Waals surface area contributed by atoms with Gasteiger partial charge in [0.25, 0.3) is 0 Å². The second kappa shape index (κ2) is 2200. The van der Waals surface area contributed by atoms with Gasteiger partial charge in [0.05, 0.1) is 0 Å². The van der Waals surface area contributed by atoms with E-state index in [-0.39, 0.29) is 35.3 Å². The first kappa shape index (κ1) is 60.9. The van der Waals surface area contributed by atoms with Crippen molar-refractivity contribution in [3.63, 3.8) is 0 Å². The predicted molar refractivity (Wildman–Crippen MR) is 55.8 cm³/mol. The molecule has 0 aliphatic heterocycles. The molecule has 0 amide bonds. The Kier molecular flexibility index (Phi) is 12200. The monoisotopic (exact) mass is 195 g/mol. The maximum absolute atomic E-state index is 3.25. The number of rotatable bonds is 0. The van der Waals surface area contributed by atoms with Crippen LogP contribution in [0.3, 0.4) is 0 Å². The van der Waals surface area contributed by atoms with Gasteiger partial charge in [-0.3, -0.25) is 0 Å². The number of nitrogens with two attached hydrogens (primary N) is 1. The van der Waals surface area contributed by atoms with Crippen molar-refractivity contribution in [3.05, 3.63) is 41.3 Å². The molecular weight excluding hydrogens is 170 g/mol. The zero-order chi connectivity index (χ0) is 8.00. The van der Waals surface area contributed by atoms with Gasteiger partial charge in [0, 0.05) is 21.7 Å². The standard InChI is InChI=1S/4C2H5.CH3.H2N.Ti/c4*1-2;;;/h4*1H2,2H3;1H3;1H2;/q6*-1;. The SMILES string of the molecule is [CH2-]C.[CH2-]C.[CH2-]C.[CH2-]C.[CH3-].[NH2-].[Ti]. The van der Waals surface area contributed by atoms with E-state index in [0.717, 1.165) is 0 Å². The Labute approximate surface area is 90.8 Å². The first-order valence-corrected chi connectivity index (χ1v) is 2.83. The van der Waals surface area contributed by atoms with Gasteiger partial charge in [0.15, 0.2) is 0 Å². The average Bonchev–Trinajstić information content (AvgIpc) is 2.03. The smallest absolute Gasteiger partial charge is 0 e. The Bertz CT molecular complexity index is 9.52. The second-order valence-corrected chi connectivity index (χ2v) is 0. The van der Waals surface area contributed by atoms with E-state index in [9.17, 15) is 0 Å². The van der Waals surface area contributed by atoms with Crippen molar-refractivity contribution in [2.45, 2.75) is 27.7 Å². The summed E-state index contributed by atoms with van der Waals surface area (Å²) in [4.78, 5) is 0. The van der Waals surface area contributed by atoms with Crippen molar-refractivity contribution < 1.29 is 21.7 Å².